The Morgan fingerprint density at radius 2 is 0.704 bits per heavy atom. The fourth-order valence-corrected chi connectivity index (χ4v) is 10.7. The molecular formula is C48H60Br3N3. The lowest BCUT2D eigenvalue weighted by Gasteiger charge is -2.20. The highest BCUT2D eigenvalue weighted by atomic mass is 79.9. The summed E-state index contributed by atoms with van der Waals surface area (Å²) in [5.41, 5.74) is 8.35. The molecule has 0 N–H and O–H groups in total. The van der Waals surface area contributed by atoms with Gasteiger partial charge in [0, 0.05) is 81.9 Å². The van der Waals surface area contributed by atoms with Crippen LogP contribution in [0.1, 0.15) is 119 Å². The zero-order valence-electron chi connectivity index (χ0n) is 33.5. The Morgan fingerprint density at radius 1 is 0.426 bits per heavy atom. The number of rotatable bonds is 18. The van der Waals surface area contributed by atoms with E-state index in [1.165, 1.54) is 142 Å². The number of halogens is 3. The minimum absolute atomic E-state index is 0.622. The SMILES string of the molecule is CCCCC(CC)Cn1c2ccc(Br)cc2c2c1c1c3cc(Br)ccc3n(CC(CC)CCCC)c1c1c3cc(Br)ccc3n(CC(CC)CCCC)c21. The summed E-state index contributed by atoms with van der Waals surface area (Å²) in [7, 11) is 0. The van der Waals surface area contributed by atoms with Crippen LogP contribution in [0.15, 0.2) is 68.0 Å². The molecule has 0 bridgehead atoms. The molecule has 3 atom stereocenters. The second-order valence-corrected chi connectivity index (χ2v) is 19.0. The van der Waals surface area contributed by atoms with Crippen LogP contribution in [0.4, 0.5) is 0 Å². The van der Waals surface area contributed by atoms with Crippen molar-refractivity contribution in [2.75, 3.05) is 0 Å². The molecule has 3 unspecified atom stereocenters. The molecule has 288 valence electrons. The van der Waals surface area contributed by atoms with Gasteiger partial charge in [0.15, 0.2) is 0 Å². The van der Waals surface area contributed by atoms with E-state index in [9.17, 15) is 0 Å². The number of hydrogen-bond acceptors (Lipinski definition) is 0. The third-order valence-corrected chi connectivity index (χ3v) is 14.2. The van der Waals surface area contributed by atoms with E-state index in [2.05, 4.69) is 158 Å². The molecule has 0 radical (unpaired) electrons. The molecule has 0 fully saturated rings. The first-order chi connectivity index (χ1) is 26.3. The molecular weight excluding hydrogens is 858 g/mol. The Bertz CT molecular complexity index is 2110. The standard InChI is InChI=1S/C48H60Br3N3/c1-7-13-16-31(10-4)28-52-40-22-19-34(49)25-37(40)43-46(52)44-38-26-35(50)20-23-41(38)53(29-32(11-5)17-14-8-2)48(44)45-39-27-36(51)21-24-42(39)54(47(43)45)30-33(12-6)18-15-9-3/h19-27,31-33H,7-18,28-30H2,1-6H3. The normalized spacial score (nSPS) is 14.2. The van der Waals surface area contributed by atoms with Gasteiger partial charge in [0.05, 0.1) is 16.6 Å². The van der Waals surface area contributed by atoms with E-state index in [0.717, 1.165) is 33.1 Å². The van der Waals surface area contributed by atoms with Gasteiger partial charge in [-0.3, -0.25) is 0 Å². The highest BCUT2D eigenvalue weighted by Gasteiger charge is 2.29. The molecule has 3 aromatic heterocycles. The van der Waals surface area contributed by atoms with Crippen LogP contribution in [0, 0.1) is 17.8 Å². The van der Waals surface area contributed by atoms with Gasteiger partial charge in [0.1, 0.15) is 0 Å². The predicted molar refractivity (Wildman–Crippen MR) is 248 cm³/mol. The van der Waals surface area contributed by atoms with E-state index in [-0.39, 0.29) is 0 Å². The first-order valence-electron chi connectivity index (χ1n) is 21.2. The molecule has 7 rings (SSSR count). The molecule has 0 saturated heterocycles. The molecule has 0 aliphatic heterocycles. The number of fused-ring (bicyclic) bond motifs is 12. The van der Waals surface area contributed by atoms with Crippen LogP contribution in [0.25, 0.3) is 65.4 Å². The highest BCUT2D eigenvalue weighted by Crippen LogP contribution is 2.50. The number of benzene rings is 4. The lowest BCUT2D eigenvalue weighted by Crippen LogP contribution is -2.12. The lowest BCUT2D eigenvalue weighted by molar-refractivity contribution is 0.400. The van der Waals surface area contributed by atoms with Crippen molar-refractivity contribution in [3.63, 3.8) is 0 Å². The topological polar surface area (TPSA) is 14.8 Å². The Kier molecular flexibility index (Phi) is 12.9. The summed E-state index contributed by atoms with van der Waals surface area (Å²) in [4.78, 5) is 0. The van der Waals surface area contributed by atoms with E-state index in [0.29, 0.717) is 17.8 Å². The van der Waals surface area contributed by atoms with E-state index in [1.54, 1.807) is 0 Å². The van der Waals surface area contributed by atoms with Crippen LogP contribution in [0.2, 0.25) is 0 Å². The summed E-state index contributed by atoms with van der Waals surface area (Å²) in [6.45, 7) is 17.3. The molecule has 54 heavy (non-hydrogen) atoms. The van der Waals surface area contributed by atoms with E-state index >= 15 is 0 Å². The molecule has 7 aromatic rings. The van der Waals surface area contributed by atoms with Gasteiger partial charge < -0.3 is 13.7 Å². The highest BCUT2D eigenvalue weighted by molar-refractivity contribution is 9.11. The third kappa shape index (κ3) is 7.35. The Balaban J connectivity index is 1.75. The van der Waals surface area contributed by atoms with Crippen LogP contribution in [-0.4, -0.2) is 13.7 Å². The van der Waals surface area contributed by atoms with Crippen LogP contribution in [0.3, 0.4) is 0 Å². The molecule has 0 aliphatic carbocycles. The maximum absolute atomic E-state index is 3.96. The first kappa shape index (κ1) is 39.9. The Morgan fingerprint density at radius 3 is 0.944 bits per heavy atom. The molecule has 0 aliphatic rings. The summed E-state index contributed by atoms with van der Waals surface area (Å²) < 4.78 is 11.8. The lowest BCUT2D eigenvalue weighted by atomic mass is 9.98. The molecule has 0 amide bonds. The fourth-order valence-electron chi connectivity index (χ4n) is 9.57. The van der Waals surface area contributed by atoms with Crippen LogP contribution >= 0.6 is 47.8 Å². The monoisotopic (exact) mass is 915 g/mol. The molecule has 0 saturated carbocycles. The maximum Gasteiger partial charge on any atom is 0.0614 e. The summed E-state index contributed by atoms with van der Waals surface area (Å²) in [6, 6.07) is 21.3. The van der Waals surface area contributed by atoms with Crippen molar-refractivity contribution >= 4 is 113 Å². The zero-order chi connectivity index (χ0) is 38.1. The van der Waals surface area contributed by atoms with E-state index < -0.39 is 0 Å². The van der Waals surface area contributed by atoms with Crippen molar-refractivity contribution in [1.29, 1.82) is 0 Å². The minimum Gasteiger partial charge on any atom is -0.340 e. The Hall–Kier alpha value is -2.28. The zero-order valence-corrected chi connectivity index (χ0v) is 38.3. The molecule has 4 aromatic carbocycles. The molecule has 6 heteroatoms. The number of hydrogen-bond donors (Lipinski definition) is 0. The van der Waals surface area contributed by atoms with Crippen molar-refractivity contribution in [2.24, 2.45) is 17.8 Å². The fraction of sp³-hybridized carbons (Fsp3) is 0.500. The van der Waals surface area contributed by atoms with Crippen molar-refractivity contribution in [2.45, 2.75) is 138 Å². The van der Waals surface area contributed by atoms with Crippen LogP contribution < -0.4 is 0 Å². The van der Waals surface area contributed by atoms with Gasteiger partial charge in [-0.1, -0.05) is 147 Å². The second kappa shape index (κ2) is 17.5. The van der Waals surface area contributed by atoms with E-state index in [4.69, 9.17) is 0 Å². The van der Waals surface area contributed by atoms with Gasteiger partial charge in [-0.15, -0.1) is 0 Å². The smallest absolute Gasteiger partial charge is 0.0614 e. The second-order valence-electron chi connectivity index (χ2n) is 16.2. The van der Waals surface area contributed by atoms with Gasteiger partial charge >= 0.3 is 0 Å². The predicted octanol–water partition coefficient (Wildman–Crippen LogP) is 16.9. The summed E-state index contributed by atoms with van der Waals surface area (Å²) in [5, 5.41) is 8.38. The molecule has 3 nitrogen and oxygen atoms in total. The summed E-state index contributed by atoms with van der Waals surface area (Å²) >= 11 is 11.9. The average Bonchev–Trinajstić information content (AvgIpc) is 3.77. The summed E-state index contributed by atoms with van der Waals surface area (Å²) in [5.74, 6) is 1.87. The summed E-state index contributed by atoms with van der Waals surface area (Å²) in [6.07, 6.45) is 14.9. The van der Waals surface area contributed by atoms with Crippen LogP contribution in [0.5, 0.6) is 0 Å². The average molecular weight is 919 g/mol. The van der Waals surface area contributed by atoms with Crippen molar-refractivity contribution in [1.82, 2.24) is 13.7 Å². The van der Waals surface area contributed by atoms with Crippen molar-refractivity contribution in [3.8, 4) is 0 Å². The van der Waals surface area contributed by atoms with Crippen LogP contribution in [-0.2, 0) is 19.6 Å². The quantitative estimate of drug-likeness (QED) is 0.0815. The van der Waals surface area contributed by atoms with Crippen molar-refractivity contribution in [3.05, 3.63) is 68.0 Å². The third-order valence-electron chi connectivity index (χ3n) is 12.7. The van der Waals surface area contributed by atoms with Gasteiger partial charge in [-0.05, 0) is 91.6 Å². The van der Waals surface area contributed by atoms with Gasteiger partial charge in [-0.25, -0.2) is 0 Å². The maximum atomic E-state index is 3.96. The largest absolute Gasteiger partial charge is 0.340 e. The number of unbranched alkanes of at least 4 members (excludes halogenated alkanes) is 3. The molecule has 0 spiro atoms. The number of nitrogens with zero attached hydrogens (tertiary/aromatic N) is 3. The van der Waals surface area contributed by atoms with Gasteiger partial charge in [-0.2, -0.15) is 0 Å². The Labute approximate surface area is 348 Å². The van der Waals surface area contributed by atoms with Gasteiger partial charge in [0.25, 0.3) is 0 Å². The first-order valence-corrected chi connectivity index (χ1v) is 23.6. The minimum atomic E-state index is 0.622. The molecule has 3 heterocycles. The van der Waals surface area contributed by atoms with E-state index in [1.807, 2.05) is 0 Å². The van der Waals surface area contributed by atoms with Crippen molar-refractivity contribution < 1.29 is 0 Å². The number of aromatic nitrogens is 3. The van der Waals surface area contributed by atoms with Gasteiger partial charge in [0.2, 0.25) is 0 Å².